The molecule has 0 fully saturated rings. The summed E-state index contributed by atoms with van der Waals surface area (Å²) >= 11 is 11.4. The summed E-state index contributed by atoms with van der Waals surface area (Å²) < 4.78 is 0. The molecule has 0 aliphatic rings. The Bertz CT molecular complexity index is 563. The predicted molar refractivity (Wildman–Crippen MR) is 74.1 cm³/mol. The Kier molecular flexibility index (Phi) is 5.72. The minimum Gasteiger partial charge on any atom is -0.355 e. The zero-order chi connectivity index (χ0) is 15.3. The van der Waals surface area contributed by atoms with E-state index in [9.17, 15) is 19.7 Å². The fraction of sp³-hybridized carbons (Fsp3) is 0.273. The largest absolute Gasteiger partial charge is 0.355 e. The molecular formula is C11H11Cl2N3O4. The van der Waals surface area contributed by atoms with E-state index in [1.807, 2.05) is 0 Å². The topological polar surface area (TPSA) is 101 Å². The highest BCUT2D eigenvalue weighted by atomic mass is 35.5. The van der Waals surface area contributed by atoms with Gasteiger partial charge in [0.15, 0.2) is 0 Å². The molecule has 0 aliphatic heterocycles. The van der Waals surface area contributed by atoms with Gasteiger partial charge in [-0.25, -0.2) is 0 Å². The molecule has 1 aromatic rings. The van der Waals surface area contributed by atoms with Gasteiger partial charge in [-0.3, -0.25) is 19.7 Å². The minimum absolute atomic E-state index is 0.0222. The Balaban J connectivity index is 2.78. The molecule has 108 valence electrons. The summed E-state index contributed by atoms with van der Waals surface area (Å²) in [4.78, 5) is 32.5. The molecule has 2 N–H and O–H groups in total. The lowest BCUT2D eigenvalue weighted by Gasteiger charge is -2.07. The number of amides is 2. The van der Waals surface area contributed by atoms with Gasteiger partial charge in [0.25, 0.3) is 11.6 Å². The van der Waals surface area contributed by atoms with Crippen molar-refractivity contribution in [1.82, 2.24) is 10.6 Å². The molecule has 0 saturated carbocycles. The van der Waals surface area contributed by atoms with E-state index in [1.165, 1.54) is 13.0 Å². The number of rotatable bonds is 5. The molecule has 9 heteroatoms. The highest BCUT2D eigenvalue weighted by molar-refractivity contribution is 6.43. The van der Waals surface area contributed by atoms with Crippen LogP contribution in [-0.2, 0) is 4.79 Å². The Morgan fingerprint density at radius 1 is 1.25 bits per heavy atom. The molecule has 20 heavy (non-hydrogen) atoms. The zero-order valence-corrected chi connectivity index (χ0v) is 11.9. The van der Waals surface area contributed by atoms with Crippen LogP contribution in [0.2, 0.25) is 10.0 Å². The van der Waals surface area contributed by atoms with Crippen LogP contribution in [0, 0.1) is 10.1 Å². The number of carbonyl (C=O) groups is 2. The van der Waals surface area contributed by atoms with E-state index >= 15 is 0 Å². The molecule has 2 amide bonds. The molecule has 0 heterocycles. The molecule has 0 spiro atoms. The second-order valence-corrected chi connectivity index (χ2v) is 4.57. The molecular weight excluding hydrogens is 309 g/mol. The van der Waals surface area contributed by atoms with Crippen LogP contribution < -0.4 is 10.6 Å². The first-order chi connectivity index (χ1) is 9.32. The number of carbonyl (C=O) groups excluding carboxylic acids is 2. The van der Waals surface area contributed by atoms with Gasteiger partial charge in [0.2, 0.25) is 5.91 Å². The molecule has 0 atom stereocenters. The Morgan fingerprint density at radius 2 is 1.85 bits per heavy atom. The lowest BCUT2D eigenvalue weighted by molar-refractivity contribution is -0.384. The summed E-state index contributed by atoms with van der Waals surface area (Å²) in [6, 6.07) is 2.28. The van der Waals surface area contributed by atoms with Gasteiger partial charge in [0.1, 0.15) is 5.02 Å². The van der Waals surface area contributed by atoms with Crippen LogP contribution in [-0.4, -0.2) is 29.8 Å². The van der Waals surface area contributed by atoms with Crippen molar-refractivity contribution in [2.45, 2.75) is 6.92 Å². The normalized spacial score (nSPS) is 9.95. The lowest BCUT2D eigenvalue weighted by atomic mass is 10.2. The minimum atomic E-state index is -0.720. The number of nitro benzene ring substituents is 1. The third-order valence-electron chi connectivity index (χ3n) is 2.25. The SMILES string of the molecule is CC(=O)NCCNC(=O)c1cc(Cl)c(Cl)c([N+](=O)[O-])c1. The Hall–Kier alpha value is -1.86. The van der Waals surface area contributed by atoms with Gasteiger partial charge >= 0.3 is 0 Å². The predicted octanol–water partition coefficient (Wildman–Crippen LogP) is 1.77. The van der Waals surface area contributed by atoms with Gasteiger partial charge in [-0.2, -0.15) is 0 Å². The number of halogens is 2. The monoisotopic (exact) mass is 319 g/mol. The number of nitrogens with one attached hydrogen (secondary N) is 2. The highest BCUT2D eigenvalue weighted by Gasteiger charge is 2.19. The summed E-state index contributed by atoms with van der Waals surface area (Å²) in [7, 11) is 0. The Labute approximate surface area is 124 Å². The van der Waals surface area contributed by atoms with Crippen LogP contribution in [0.5, 0.6) is 0 Å². The zero-order valence-electron chi connectivity index (χ0n) is 10.4. The van der Waals surface area contributed by atoms with Gasteiger partial charge in [0.05, 0.1) is 9.95 Å². The van der Waals surface area contributed by atoms with Gasteiger partial charge in [-0.15, -0.1) is 0 Å². The number of nitrogens with zero attached hydrogens (tertiary/aromatic N) is 1. The van der Waals surface area contributed by atoms with E-state index in [2.05, 4.69) is 10.6 Å². The maximum absolute atomic E-state index is 11.8. The van der Waals surface area contributed by atoms with Crippen molar-refractivity contribution in [3.8, 4) is 0 Å². The van der Waals surface area contributed by atoms with E-state index in [-0.39, 0.29) is 34.6 Å². The second kappa shape index (κ2) is 7.06. The second-order valence-electron chi connectivity index (χ2n) is 3.79. The lowest BCUT2D eigenvalue weighted by Crippen LogP contribution is -2.33. The maximum atomic E-state index is 11.8. The quantitative estimate of drug-likeness (QED) is 0.490. The molecule has 0 aliphatic carbocycles. The van der Waals surface area contributed by atoms with Crippen molar-refractivity contribution in [1.29, 1.82) is 0 Å². The summed E-state index contributed by atoms with van der Waals surface area (Å²) in [5.41, 5.74) is -0.417. The smallest absolute Gasteiger partial charge is 0.290 e. The summed E-state index contributed by atoms with van der Waals surface area (Å²) in [5.74, 6) is -0.763. The van der Waals surface area contributed by atoms with Gasteiger partial charge in [0, 0.05) is 31.6 Å². The maximum Gasteiger partial charge on any atom is 0.290 e. The first-order valence-corrected chi connectivity index (χ1v) is 6.24. The molecule has 1 aromatic carbocycles. The molecule has 0 radical (unpaired) electrons. The molecule has 7 nitrogen and oxygen atoms in total. The van der Waals surface area contributed by atoms with E-state index in [4.69, 9.17) is 23.2 Å². The van der Waals surface area contributed by atoms with Crippen LogP contribution in [0.25, 0.3) is 0 Å². The molecule has 1 rings (SSSR count). The fourth-order valence-electron chi connectivity index (χ4n) is 1.36. The summed E-state index contributed by atoms with van der Waals surface area (Å²) in [5, 5.41) is 15.5. The summed E-state index contributed by atoms with van der Waals surface area (Å²) in [6.45, 7) is 1.79. The third-order valence-corrected chi connectivity index (χ3v) is 3.04. The van der Waals surface area contributed by atoms with Crippen molar-refractivity contribution in [2.24, 2.45) is 0 Å². The fourth-order valence-corrected chi connectivity index (χ4v) is 1.75. The van der Waals surface area contributed by atoms with Crippen molar-refractivity contribution in [3.05, 3.63) is 37.9 Å². The molecule has 0 bridgehead atoms. The van der Waals surface area contributed by atoms with Gasteiger partial charge in [-0.05, 0) is 6.07 Å². The van der Waals surface area contributed by atoms with Gasteiger partial charge < -0.3 is 10.6 Å². The van der Waals surface area contributed by atoms with Crippen molar-refractivity contribution in [2.75, 3.05) is 13.1 Å². The molecule has 0 saturated heterocycles. The molecule has 0 aromatic heterocycles. The average Bonchev–Trinajstić information content (AvgIpc) is 2.36. The van der Waals surface area contributed by atoms with E-state index in [0.29, 0.717) is 0 Å². The average molecular weight is 320 g/mol. The van der Waals surface area contributed by atoms with E-state index in [0.717, 1.165) is 6.07 Å². The van der Waals surface area contributed by atoms with Crippen LogP contribution in [0.15, 0.2) is 12.1 Å². The van der Waals surface area contributed by atoms with Crippen LogP contribution >= 0.6 is 23.2 Å². The third kappa shape index (κ3) is 4.36. The van der Waals surface area contributed by atoms with E-state index < -0.39 is 16.5 Å². The molecule has 0 unspecified atom stereocenters. The van der Waals surface area contributed by atoms with Crippen LogP contribution in [0.4, 0.5) is 5.69 Å². The van der Waals surface area contributed by atoms with Crippen molar-refractivity contribution < 1.29 is 14.5 Å². The van der Waals surface area contributed by atoms with E-state index in [1.54, 1.807) is 0 Å². The van der Waals surface area contributed by atoms with Gasteiger partial charge in [-0.1, -0.05) is 23.2 Å². The number of hydrogen-bond acceptors (Lipinski definition) is 4. The standard InChI is InChI=1S/C11H11Cl2N3O4/c1-6(17)14-2-3-15-11(18)7-4-8(12)10(13)9(5-7)16(19)20/h4-5H,2-3H2,1H3,(H,14,17)(H,15,18). The first-order valence-electron chi connectivity index (χ1n) is 5.49. The Morgan fingerprint density at radius 3 is 2.40 bits per heavy atom. The summed E-state index contributed by atoms with van der Waals surface area (Å²) in [6.07, 6.45) is 0. The highest BCUT2D eigenvalue weighted by Crippen LogP contribution is 2.32. The van der Waals surface area contributed by atoms with Crippen molar-refractivity contribution in [3.63, 3.8) is 0 Å². The number of nitro groups is 1. The van der Waals surface area contributed by atoms with Crippen molar-refractivity contribution >= 4 is 40.7 Å². The number of hydrogen-bond donors (Lipinski definition) is 2. The first kappa shape index (κ1) is 16.2. The number of benzene rings is 1. The van der Waals surface area contributed by atoms with Crippen LogP contribution in [0.3, 0.4) is 0 Å². The van der Waals surface area contributed by atoms with Crippen LogP contribution in [0.1, 0.15) is 17.3 Å².